The highest BCUT2D eigenvalue weighted by molar-refractivity contribution is 9.10. The number of aliphatic imine (C=N–C) groups is 1. The number of para-hydroxylation sites is 1. The third-order valence-electron chi connectivity index (χ3n) is 5.83. The molecule has 1 heterocycles. The van der Waals surface area contributed by atoms with Gasteiger partial charge in [-0.25, -0.2) is 9.79 Å². The monoisotopic (exact) mass is 570 g/mol. The van der Waals surface area contributed by atoms with Gasteiger partial charge in [0.2, 0.25) is 0 Å². The van der Waals surface area contributed by atoms with Crippen molar-refractivity contribution < 1.29 is 24.2 Å². The molecule has 2 N–H and O–H groups in total. The summed E-state index contributed by atoms with van der Waals surface area (Å²) in [7, 11) is 1.49. The quantitative estimate of drug-likeness (QED) is 0.296. The zero-order valence-electron chi connectivity index (χ0n) is 19.9. The Balaban J connectivity index is 1.68. The molecule has 0 aliphatic heterocycles. The largest absolute Gasteiger partial charge is 0.493 e. The van der Waals surface area contributed by atoms with E-state index in [0.717, 1.165) is 48.9 Å². The molecular weight excluding hydrogens is 544 g/mol. The fraction of sp³-hybridized carbons (Fsp3) is 0.296. The fourth-order valence-corrected chi connectivity index (χ4v) is 5.97. The number of hydrogen-bond acceptors (Lipinski definition) is 6. The van der Waals surface area contributed by atoms with Gasteiger partial charge in [0.05, 0.1) is 17.1 Å². The molecule has 9 heteroatoms. The van der Waals surface area contributed by atoms with Crippen molar-refractivity contribution >= 4 is 56.0 Å². The van der Waals surface area contributed by atoms with Crippen LogP contribution in [0.3, 0.4) is 0 Å². The molecule has 0 atom stereocenters. The number of methoxy groups -OCH3 is 1. The highest BCUT2D eigenvalue weighted by atomic mass is 79.9. The third-order valence-corrected chi connectivity index (χ3v) is 7.62. The van der Waals surface area contributed by atoms with Crippen LogP contribution in [-0.4, -0.2) is 36.9 Å². The van der Waals surface area contributed by atoms with Crippen LogP contribution < -0.4 is 14.8 Å². The van der Waals surface area contributed by atoms with Gasteiger partial charge in [0.25, 0.3) is 5.91 Å². The van der Waals surface area contributed by atoms with E-state index in [0.29, 0.717) is 26.5 Å². The normalized spacial score (nSPS) is 13.5. The number of anilines is 1. The number of thiophene rings is 1. The van der Waals surface area contributed by atoms with E-state index in [1.807, 2.05) is 30.3 Å². The van der Waals surface area contributed by atoms with E-state index < -0.39 is 12.6 Å². The summed E-state index contributed by atoms with van der Waals surface area (Å²) < 4.78 is 11.3. The third kappa shape index (κ3) is 6.33. The van der Waals surface area contributed by atoms with Gasteiger partial charge in [0, 0.05) is 16.8 Å². The Bertz CT molecular complexity index is 1270. The van der Waals surface area contributed by atoms with E-state index in [-0.39, 0.29) is 5.91 Å². The van der Waals surface area contributed by atoms with Gasteiger partial charge in [-0.2, -0.15) is 0 Å². The number of carbonyl (C=O) groups excluding carboxylic acids is 1. The Hall–Kier alpha value is -3.17. The van der Waals surface area contributed by atoms with Crippen molar-refractivity contribution in [2.45, 2.75) is 38.5 Å². The second-order valence-electron chi connectivity index (χ2n) is 8.39. The highest BCUT2D eigenvalue weighted by Crippen LogP contribution is 2.40. The summed E-state index contributed by atoms with van der Waals surface area (Å²) in [6.45, 7) is -0.483. The Labute approximate surface area is 222 Å². The molecule has 1 aliphatic carbocycles. The zero-order valence-corrected chi connectivity index (χ0v) is 22.3. The summed E-state index contributed by atoms with van der Waals surface area (Å²) >= 11 is 5.01. The summed E-state index contributed by atoms with van der Waals surface area (Å²) in [5.41, 5.74) is 3.21. The molecule has 188 valence electrons. The minimum absolute atomic E-state index is 0.150. The molecule has 0 bridgehead atoms. The van der Waals surface area contributed by atoms with Gasteiger partial charge in [-0.1, -0.05) is 31.0 Å². The fourth-order valence-electron chi connectivity index (χ4n) is 4.17. The zero-order chi connectivity index (χ0) is 25.5. The minimum Gasteiger partial charge on any atom is -0.493 e. The van der Waals surface area contributed by atoms with Crippen LogP contribution in [0.15, 0.2) is 51.9 Å². The molecule has 3 aromatic rings. The molecule has 2 aromatic carbocycles. The lowest BCUT2D eigenvalue weighted by Gasteiger charge is -2.12. The second kappa shape index (κ2) is 12.2. The smallest absolute Gasteiger partial charge is 0.341 e. The van der Waals surface area contributed by atoms with Crippen LogP contribution in [0, 0.1) is 0 Å². The number of halogens is 1. The van der Waals surface area contributed by atoms with Crippen LogP contribution in [-0.2, 0) is 17.6 Å². The van der Waals surface area contributed by atoms with Crippen LogP contribution in [0.2, 0.25) is 0 Å². The molecule has 36 heavy (non-hydrogen) atoms. The van der Waals surface area contributed by atoms with Crippen LogP contribution in [0.4, 0.5) is 10.7 Å². The number of fused-ring (bicyclic) bond motifs is 1. The van der Waals surface area contributed by atoms with Crippen molar-refractivity contribution in [2.75, 3.05) is 19.0 Å². The van der Waals surface area contributed by atoms with Crippen LogP contribution in [0.1, 0.15) is 52.0 Å². The maximum Gasteiger partial charge on any atom is 0.341 e. The Morgan fingerprint density at radius 2 is 1.89 bits per heavy atom. The molecule has 7 nitrogen and oxygen atoms in total. The lowest BCUT2D eigenvalue weighted by molar-refractivity contribution is -0.139. The number of carbonyl (C=O) groups is 2. The van der Waals surface area contributed by atoms with E-state index in [9.17, 15) is 9.59 Å². The predicted octanol–water partition coefficient (Wildman–Crippen LogP) is 6.64. The number of ether oxygens (including phenoxy) is 2. The first-order valence-corrected chi connectivity index (χ1v) is 13.3. The molecule has 0 saturated carbocycles. The number of amides is 1. The van der Waals surface area contributed by atoms with Crippen molar-refractivity contribution in [1.82, 2.24) is 0 Å². The molecule has 0 fully saturated rings. The van der Waals surface area contributed by atoms with Gasteiger partial charge in [-0.05, 0) is 77.0 Å². The number of hydrogen-bond donors (Lipinski definition) is 2. The maximum atomic E-state index is 13.4. The topological polar surface area (TPSA) is 97.2 Å². The standard InChI is InChI=1S/C27H27BrN2O5S/c1-34-21-14-17(13-20(28)25(21)35-16-23(31)32)15-29-27-24(26(33)30-18-9-5-4-6-10-18)19-11-7-2-3-8-12-22(19)36-27/h4-6,9-10,13-15H,2-3,7-8,11-12,16H2,1H3,(H,30,33)(H,31,32). The van der Waals surface area contributed by atoms with E-state index in [1.54, 1.807) is 29.7 Å². The number of carboxylic acid groups (broad SMARTS) is 1. The predicted molar refractivity (Wildman–Crippen MR) is 146 cm³/mol. The van der Waals surface area contributed by atoms with Gasteiger partial charge in [0.15, 0.2) is 18.1 Å². The van der Waals surface area contributed by atoms with Crippen LogP contribution in [0.25, 0.3) is 0 Å². The van der Waals surface area contributed by atoms with Gasteiger partial charge in [0.1, 0.15) is 5.00 Å². The molecule has 0 spiro atoms. The lowest BCUT2D eigenvalue weighted by atomic mass is 9.96. The van der Waals surface area contributed by atoms with E-state index in [1.165, 1.54) is 18.4 Å². The Morgan fingerprint density at radius 1 is 1.14 bits per heavy atom. The van der Waals surface area contributed by atoms with E-state index in [4.69, 9.17) is 19.6 Å². The van der Waals surface area contributed by atoms with Gasteiger partial charge >= 0.3 is 5.97 Å². The Morgan fingerprint density at radius 3 is 2.61 bits per heavy atom. The van der Waals surface area contributed by atoms with Gasteiger partial charge < -0.3 is 19.9 Å². The second-order valence-corrected chi connectivity index (χ2v) is 10.3. The first kappa shape index (κ1) is 25.9. The number of aryl methyl sites for hydroxylation is 1. The minimum atomic E-state index is -1.08. The molecule has 0 radical (unpaired) electrons. The summed E-state index contributed by atoms with van der Waals surface area (Å²) in [6, 6.07) is 12.9. The van der Waals surface area contributed by atoms with Gasteiger partial charge in [-0.15, -0.1) is 11.3 Å². The van der Waals surface area contributed by atoms with Crippen molar-refractivity contribution in [3.05, 3.63) is 68.5 Å². The number of benzene rings is 2. The first-order chi connectivity index (χ1) is 17.5. The average Bonchev–Trinajstić information content (AvgIpc) is 3.18. The van der Waals surface area contributed by atoms with E-state index >= 15 is 0 Å². The van der Waals surface area contributed by atoms with E-state index in [2.05, 4.69) is 21.2 Å². The number of nitrogens with zero attached hydrogens (tertiary/aromatic N) is 1. The summed E-state index contributed by atoms with van der Waals surface area (Å²) in [6.07, 6.45) is 8.04. The molecule has 0 saturated heterocycles. The SMILES string of the molecule is COc1cc(C=Nc2sc3c(c2C(=O)Nc2ccccc2)CCCCCC3)cc(Br)c1OCC(=O)O. The van der Waals surface area contributed by atoms with Crippen molar-refractivity contribution in [3.8, 4) is 11.5 Å². The molecule has 0 unspecified atom stereocenters. The van der Waals surface area contributed by atoms with Crippen LogP contribution in [0.5, 0.6) is 11.5 Å². The number of nitrogens with one attached hydrogen (secondary N) is 1. The van der Waals surface area contributed by atoms with Crippen molar-refractivity contribution in [2.24, 2.45) is 4.99 Å². The number of aliphatic carboxylic acids is 1. The lowest BCUT2D eigenvalue weighted by Crippen LogP contribution is -2.14. The molecule has 1 amide bonds. The average molecular weight is 571 g/mol. The molecular formula is C27H27BrN2O5S. The summed E-state index contributed by atoms with van der Waals surface area (Å²) in [4.78, 5) is 30.3. The summed E-state index contributed by atoms with van der Waals surface area (Å²) in [5.74, 6) is -0.543. The maximum absolute atomic E-state index is 13.4. The van der Waals surface area contributed by atoms with Gasteiger partial charge in [-0.3, -0.25) is 4.79 Å². The Kier molecular flexibility index (Phi) is 8.77. The first-order valence-electron chi connectivity index (χ1n) is 11.7. The number of rotatable bonds is 8. The van der Waals surface area contributed by atoms with Crippen molar-refractivity contribution in [3.63, 3.8) is 0 Å². The van der Waals surface area contributed by atoms with Crippen LogP contribution >= 0.6 is 27.3 Å². The molecule has 1 aliphatic rings. The molecule has 1 aromatic heterocycles. The van der Waals surface area contributed by atoms with Crippen molar-refractivity contribution in [1.29, 1.82) is 0 Å². The highest BCUT2D eigenvalue weighted by Gasteiger charge is 2.24. The number of carboxylic acids is 1. The molecule has 4 rings (SSSR count). The summed E-state index contributed by atoms with van der Waals surface area (Å²) in [5, 5.41) is 12.6.